The monoisotopic (exact) mass is 172 g/mol. The van der Waals surface area contributed by atoms with Crippen LogP contribution in [0.3, 0.4) is 0 Å². The highest BCUT2D eigenvalue weighted by Gasteiger charge is 2.27. The summed E-state index contributed by atoms with van der Waals surface area (Å²) in [6.45, 7) is 3.71. The second kappa shape index (κ2) is 4.24. The second-order valence-corrected chi connectivity index (χ2v) is 4.17. The van der Waals surface area contributed by atoms with E-state index in [1.165, 1.54) is 0 Å². The average Bonchev–Trinajstić information content (AvgIpc) is 2.04. The maximum atomic E-state index is 9.40. The molecule has 0 heterocycles. The van der Waals surface area contributed by atoms with Crippen molar-refractivity contribution in [1.82, 2.24) is 0 Å². The molecule has 1 aliphatic rings. The van der Waals surface area contributed by atoms with E-state index in [2.05, 4.69) is 0 Å². The van der Waals surface area contributed by atoms with Gasteiger partial charge in [-0.3, -0.25) is 0 Å². The molecule has 0 aromatic carbocycles. The highest BCUT2D eigenvalue weighted by molar-refractivity contribution is 4.78. The fourth-order valence-electron chi connectivity index (χ4n) is 2.14. The smallest absolute Gasteiger partial charge is 0.0540 e. The first-order chi connectivity index (χ1) is 5.61. The summed E-state index contributed by atoms with van der Waals surface area (Å²) >= 11 is 0. The van der Waals surface area contributed by atoms with Crippen LogP contribution in [0, 0.1) is 11.8 Å². The third kappa shape index (κ3) is 2.46. The Morgan fingerprint density at radius 3 is 1.75 bits per heavy atom. The van der Waals surface area contributed by atoms with E-state index in [9.17, 15) is 10.2 Å². The van der Waals surface area contributed by atoms with Gasteiger partial charge in [0.25, 0.3) is 0 Å². The fourth-order valence-corrected chi connectivity index (χ4v) is 2.14. The first kappa shape index (κ1) is 10.0. The summed E-state index contributed by atoms with van der Waals surface area (Å²) in [5, 5.41) is 18.8. The van der Waals surface area contributed by atoms with Gasteiger partial charge in [0.2, 0.25) is 0 Å². The van der Waals surface area contributed by atoms with Crippen molar-refractivity contribution >= 4 is 0 Å². The molecule has 0 spiro atoms. The minimum absolute atomic E-state index is 0.202. The van der Waals surface area contributed by atoms with Gasteiger partial charge < -0.3 is 10.2 Å². The van der Waals surface area contributed by atoms with E-state index in [-0.39, 0.29) is 12.2 Å². The van der Waals surface area contributed by atoms with Crippen LogP contribution in [0.2, 0.25) is 0 Å². The first-order valence-electron chi connectivity index (χ1n) is 4.97. The van der Waals surface area contributed by atoms with E-state index in [4.69, 9.17) is 0 Å². The second-order valence-electron chi connectivity index (χ2n) is 4.17. The van der Waals surface area contributed by atoms with Crippen molar-refractivity contribution in [2.75, 3.05) is 0 Å². The van der Waals surface area contributed by atoms with Gasteiger partial charge >= 0.3 is 0 Å². The Morgan fingerprint density at radius 2 is 1.42 bits per heavy atom. The van der Waals surface area contributed by atoms with Crippen LogP contribution in [0.1, 0.15) is 39.5 Å². The van der Waals surface area contributed by atoms with E-state index in [1.807, 2.05) is 13.8 Å². The van der Waals surface area contributed by atoms with Crippen LogP contribution in [0.15, 0.2) is 0 Å². The predicted molar refractivity (Wildman–Crippen MR) is 48.8 cm³/mol. The van der Waals surface area contributed by atoms with Crippen molar-refractivity contribution in [2.24, 2.45) is 11.8 Å². The average molecular weight is 172 g/mol. The number of rotatable bonds is 2. The van der Waals surface area contributed by atoms with Gasteiger partial charge in [-0.1, -0.05) is 6.42 Å². The Labute approximate surface area is 74.6 Å². The molecule has 72 valence electrons. The maximum Gasteiger partial charge on any atom is 0.0540 e. The van der Waals surface area contributed by atoms with Crippen LogP contribution in [-0.4, -0.2) is 22.4 Å². The van der Waals surface area contributed by atoms with Gasteiger partial charge in [-0.2, -0.15) is 0 Å². The lowest BCUT2D eigenvalue weighted by Gasteiger charge is -2.32. The van der Waals surface area contributed by atoms with Crippen LogP contribution < -0.4 is 0 Å². The van der Waals surface area contributed by atoms with Gasteiger partial charge in [0.1, 0.15) is 0 Å². The van der Waals surface area contributed by atoms with Gasteiger partial charge in [0, 0.05) is 0 Å². The van der Waals surface area contributed by atoms with Crippen molar-refractivity contribution in [2.45, 2.75) is 51.7 Å². The molecule has 12 heavy (non-hydrogen) atoms. The van der Waals surface area contributed by atoms with E-state index in [0.29, 0.717) is 11.8 Å². The van der Waals surface area contributed by atoms with Gasteiger partial charge in [0.15, 0.2) is 0 Å². The standard InChI is InChI=1S/C10H20O2/c1-7(11)9-4-3-5-10(6-9)8(2)12/h7-12H,3-6H2,1-2H3/t7?,8?,9-,10?/m0/s1. The van der Waals surface area contributed by atoms with Crippen LogP contribution in [0.5, 0.6) is 0 Å². The normalized spacial score (nSPS) is 36.0. The number of aliphatic hydroxyl groups excluding tert-OH is 2. The molecule has 0 amide bonds. The summed E-state index contributed by atoms with van der Waals surface area (Å²) in [5.41, 5.74) is 0. The van der Waals surface area contributed by atoms with E-state index in [1.54, 1.807) is 0 Å². The molecular formula is C10H20O2. The lowest BCUT2D eigenvalue weighted by Crippen LogP contribution is -2.29. The largest absolute Gasteiger partial charge is 0.393 e. The molecule has 0 radical (unpaired) electrons. The SMILES string of the molecule is CC(O)C1CCC[C@H](C(C)O)C1. The minimum atomic E-state index is -0.202. The highest BCUT2D eigenvalue weighted by atomic mass is 16.3. The molecule has 3 unspecified atom stereocenters. The van der Waals surface area contributed by atoms with Crippen LogP contribution >= 0.6 is 0 Å². The summed E-state index contributed by atoms with van der Waals surface area (Å²) in [5.74, 6) is 0.830. The summed E-state index contributed by atoms with van der Waals surface area (Å²) < 4.78 is 0. The third-order valence-electron chi connectivity index (χ3n) is 3.12. The van der Waals surface area contributed by atoms with Gasteiger partial charge in [0.05, 0.1) is 12.2 Å². The molecule has 0 aromatic rings. The zero-order valence-corrected chi connectivity index (χ0v) is 8.03. The molecular weight excluding hydrogens is 152 g/mol. The van der Waals surface area contributed by atoms with Crippen LogP contribution in [0.4, 0.5) is 0 Å². The molecule has 1 saturated carbocycles. The molecule has 0 aromatic heterocycles. The topological polar surface area (TPSA) is 40.5 Å². The van der Waals surface area contributed by atoms with Crippen LogP contribution in [-0.2, 0) is 0 Å². The van der Waals surface area contributed by atoms with Gasteiger partial charge in [-0.05, 0) is 44.9 Å². The molecule has 1 fully saturated rings. The van der Waals surface area contributed by atoms with Gasteiger partial charge in [-0.15, -0.1) is 0 Å². The van der Waals surface area contributed by atoms with Crippen molar-refractivity contribution in [3.8, 4) is 0 Å². The molecule has 0 aliphatic heterocycles. The molecule has 1 rings (SSSR count). The molecule has 0 saturated heterocycles. The Hall–Kier alpha value is -0.0800. The molecule has 2 nitrogen and oxygen atoms in total. The van der Waals surface area contributed by atoms with Crippen LogP contribution in [0.25, 0.3) is 0 Å². The Morgan fingerprint density at radius 1 is 1.00 bits per heavy atom. The Balaban J connectivity index is 2.40. The van der Waals surface area contributed by atoms with Gasteiger partial charge in [-0.25, -0.2) is 0 Å². The quantitative estimate of drug-likeness (QED) is 0.663. The summed E-state index contributed by atoms with van der Waals surface area (Å²) in [6.07, 6.45) is 4.00. The zero-order valence-electron chi connectivity index (χ0n) is 8.03. The van der Waals surface area contributed by atoms with Crippen molar-refractivity contribution < 1.29 is 10.2 Å². The van der Waals surface area contributed by atoms with E-state index in [0.717, 1.165) is 25.7 Å². The molecule has 4 atom stereocenters. The van der Waals surface area contributed by atoms with E-state index >= 15 is 0 Å². The summed E-state index contributed by atoms with van der Waals surface area (Å²) in [6, 6.07) is 0. The number of hydrogen-bond donors (Lipinski definition) is 2. The molecule has 2 heteroatoms. The zero-order chi connectivity index (χ0) is 9.14. The number of aliphatic hydroxyl groups is 2. The Bertz CT molecular complexity index is 118. The highest BCUT2D eigenvalue weighted by Crippen LogP contribution is 2.32. The van der Waals surface area contributed by atoms with Crippen molar-refractivity contribution in [1.29, 1.82) is 0 Å². The molecule has 1 aliphatic carbocycles. The fraction of sp³-hybridized carbons (Fsp3) is 1.00. The third-order valence-corrected chi connectivity index (χ3v) is 3.12. The number of hydrogen-bond acceptors (Lipinski definition) is 2. The molecule has 2 N–H and O–H groups in total. The summed E-state index contributed by atoms with van der Waals surface area (Å²) in [4.78, 5) is 0. The lowest BCUT2D eigenvalue weighted by molar-refractivity contribution is 0.0378. The first-order valence-corrected chi connectivity index (χ1v) is 4.97. The molecule has 0 bridgehead atoms. The van der Waals surface area contributed by atoms with Crippen molar-refractivity contribution in [3.63, 3.8) is 0 Å². The lowest BCUT2D eigenvalue weighted by atomic mass is 9.77. The van der Waals surface area contributed by atoms with E-state index < -0.39 is 0 Å². The minimum Gasteiger partial charge on any atom is -0.393 e. The predicted octanol–water partition coefficient (Wildman–Crippen LogP) is 1.55. The summed E-state index contributed by atoms with van der Waals surface area (Å²) in [7, 11) is 0. The Kier molecular flexibility index (Phi) is 3.53. The van der Waals surface area contributed by atoms with Crippen molar-refractivity contribution in [3.05, 3.63) is 0 Å². The maximum absolute atomic E-state index is 9.40.